The molecule has 1 aliphatic heterocycles. The first-order valence-electron chi connectivity index (χ1n) is 5.12. The number of thiol groups is 1. The Kier molecular flexibility index (Phi) is 4.70. The molecule has 1 atom stereocenters. The van der Waals surface area contributed by atoms with Crippen molar-refractivity contribution in [3.8, 4) is 0 Å². The molecule has 0 bridgehead atoms. The highest BCUT2D eigenvalue weighted by Crippen LogP contribution is 2.21. The van der Waals surface area contributed by atoms with Gasteiger partial charge in [0.05, 0.1) is 25.9 Å². The van der Waals surface area contributed by atoms with Crippen LogP contribution in [0.3, 0.4) is 0 Å². The molecule has 84 valence electrons. The van der Waals surface area contributed by atoms with Crippen molar-refractivity contribution in [2.45, 2.75) is 19.9 Å². The second-order valence-corrected chi connectivity index (χ2v) is 5.02. The summed E-state index contributed by atoms with van der Waals surface area (Å²) in [7, 11) is 0. The van der Waals surface area contributed by atoms with Crippen molar-refractivity contribution in [1.82, 2.24) is 4.90 Å². The van der Waals surface area contributed by atoms with Crippen molar-refractivity contribution in [1.29, 1.82) is 0 Å². The third-order valence-electron chi connectivity index (χ3n) is 2.62. The molecule has 0 aliphatic carbocycles. The average Bonchev–Trinajstić information content (AvgIpc) is 2.18. The van der Waals surface area contributed by atoms with Gasteiger partial charge in [-0.15, -0.1) is 0 Å². The van der Waals surface area contributed by atoms with Gasteiger partial charge in [-0.2, -0.15) is 12.6 Å². The predicted molar refractivity (Wildman–Crippen MR) is 60.9 cm³/mol. The Bertz CT molecular complexity index is 176. The van der Waals surface area contributed by atoms with Crippen LogP contribution in [0.1, 0.15) is 13.8 Å². The second kappa shape index (κ2) is 5.35. The third-order valence-corrected chi connectivity index (χ3v) is 3.48. The Morgan fingerprint density at radius 2 is 2.29 bits per heavy atom. The fraction of sp³-hybridized carbons (Fsp3) is 1.00. The smallest absolute Gasteiger partial charge is 0.0644 e. The molecule has 1 unspecified atom stereocenters. The molecular weight excluding hydrogens is 198 g/mol. The molecule has 0 aromatic heterocycles. The van der Waals surface area contributed by atoms with E-state index in [9.17, 15) is 5.11 Å². The summed E-state index contributed by atoms with van der Waals surface area (Å²) in [6.45, 7) is 7.91. The Labute approximate surface area is 91.8 Å². The van der Waals surface area contributed by atoms with Gasteiger partial charge in [-0.3, -0.25) is 4.90 Å². The van der Waals surface area contributed by atoms with Crippen LogP contribution in [0.5, 0.6) is 0 Å². The van der Waals surface area contributed by atoms with Crippen molar-refractivity contribution in [2.75, 3.05) is 38.7 Å². The highest BCUT2D eigenvalue weighted by atomic mass is 32.1. The van der Waals surface area contributed by atoms with Crippen LogP contribution in [0, 0.1) is 5.41 Å². The molecular formula is C10H21NO2S. The number of aliphatic hydroxyl groups excluding tert-OH is 1. The molecule has 14 heavy (non-hydrogen) atoms. The van der Waals surface area contributed by atoms with Gasteiger partial charge in [-0.1, -0.05) is 13.8 Å². The minimum Gasteiger partial charge on any atom is -0.395 e. The monoisotopic (exact) mass is 219 g/mol. The first-order chi connectivity index (χ1) is 6.59. The molecule has 0 aromatic rings. The summed E-state index contributed by atoms with van der Waals surface area (Å²) in [6, 6.07) is 0.169. The summed E-state index contributed by atoms with van der Waals surface area (Å²) in [5, 5.41) is 9.19. The fourth-order valence-electron chi connectivity index (χ4n) is 1.67. The van der Waals surface area contributed by atoms with Crippen LogP contribution >= 0.6 is 12.6 Å². The molecule has 1 saturated heterocycles. The number of aliphatic hydroxyl groups is 1. The van der Waals surface area contributed by atoms with Crippen LogP contribution in [-0.2, 0) is 4.74 Å². The maximum absolute atomic E-state index is 9.19. The maximum atomic E-state index is 9.19. The molecule has 1 rings (SSSR count). The summed E-state index contributed by atoms with van der Waals surface area (Å²) < 4.78 is 5.33. The van der Waals surface area contributed by atoms with Crippen LogP contribution in [0.15, 0.2) is 0 Å². The molecule has 4 heteroatoms. The molecule has 1 N–H and O–H groups in total. The first-order valence-corrected chi connectivity index (χ1v) is 5.76. The topological polar surface area (TPSA) is 32.7 Å². The summed E-state index contributed by atoms with van der Waals surface area (Å²) in [6.07, 6.45) is 0. The van der Waals surface area contributed by atoms with Gasteiger partial charge < -0.3 is 9.84 Å². The normalized spacial score (nSPS) is 25.3. The zero-order valence-electron chi connectivity index (χ0n) is 9.07. The third kappa shape index (κ3) is 3.42. The lowest BCUT2D eigenvalue weighted by atomic mass is 9.94. The summed E-state index contributed by atoms with van der Waals surface area (Å²) in [4.78, 5) is 2.31. The molecule has 0 aromatic carbocycles. The van der Waals surface area contributed by atoms with Crippen LogP contribution in [0.25, 0.3) is 0 Å². The van der Waals surface area contributed by atoms with Gasteiger partial charge in [0.1, 0.15) is 0 Å². The fourth-order valence-corrected chi connectivity index (χ4v) is 1.77. The van der Waals surface area contributed by atoms with Crippen molar-refractivity contribution < 1.29 is 9.84 Å². The van der Waals surface area contributed by atoms with E-state index in [2.05, 4.69) is 31.4 Å². The first kappa shape index (κ1) is 12.3. The van der Waals surface area contributed by atoms with Crippen LogP contribution in [-0.4, -0.2) is 54.7 Å². The summed E-state index contributed by atoms with van der Waals surface area (Å²) >= 11 is 4.34. The van der Waals surface area contributed by atoms with E-state index >= 15 is 0 Å². The van der Waals surface area contributed by atoms with E-state index in [0.717, 1.165) is 25.4 Å². The Hall–Kier alpha value is 0.230. The van der Waals surface area contributed by atoms with Crippen LogP contribution < -0.4 is 0 Å². The van der Waals surface area contributed by atoms with Gasteiger partial charge in [-0.25, -0.2) is 0 Å². The predicted octanol–water partition coefficient (Wildman–Crippen LogP) is 0.635. The summed E-state index contributed by atoms with van der Waals surface area (Å²) in [5.74, 6) is 0.864. The maximum Gasteiger partial charge on any atom is 0.0644 e. The number of rotatable bonds is 4. The van der Waals surface area contributed by atoms with Gasteiger partial charge in [0.25, 0.3) is 0 Å². The lowest BCUT2D eigenvalue weighted by molar-refractivity contribution is -0.0386. The van der Waals surface area contributed by atoms with E-state index in [4.69, 9.17) is 4.74 Å². The molecule has 0 amide bonds. The lowest BCUT2D eigenvalue weighted by Gasteiger charge is -2.39. The van der Waals surface area contributed by atoms with Gasteiger partial charge in [0.2, 0.25) is 0 Å². The van der Waals surface area contributed by atoms with E-state index in [1.54, 1.807) is 0 Å². The standard InChI is InChI=1S/C10H21NO2S/c1-10(2,8-14)7-11-3-4-13-6-9(11)5-12/h9,12,14H,3-8H2,1-2H3. The molecule has 0 spiro atoms. The SMILES string of the molecule is CC(C)(CS)CN1CCOCC1CO. The summed E-state index contributed by atoms with van der Waals surface area (Å²) in [5.41, 5.74) is 0.202. The molecule has 1 fully saturated rings. The number of ether oxygens (including phenoxy) is 1. The number of hydrogen-bond donors (Lipinski definition) is 2. The van der Waals surface area contributed by atoms with Gasteiger partial charge >= 0.3 is 0 Å². The van der Waals surface area contributed by atoms with Crippen molar-refractivity contribution in [3.63, 3.8) is 0 Å². The second-order valence-electron chi connectivity index (χ2n) is 4.70. The van der Waals surface area contributed by atoms with Gasteiger partial charge in [0.15, 0.2) is 0 Å². The van der Waals surface area contributed by atoms with Gasteiger partial charge in [0, 0.05) is 13.1 Å². The molecule has 1 aliphatic rings. The minimum atomic E-state index is 0.169. The molecule has 1 heterocycles. The van der Waals surface area contributed by atoms with Crippen LogP contribution in [0.4, 0.5) is 0 Å². The van der Waals surface area contributed by atoms with E-state index in [-0.39, 0.29) is 18.1 Å². The van der Waals surface area contributed by atoms with Crippen molar-refractivity contribution in [3.05, 3.63) is 0 Å². The van der Waals surface area contributed by atoms with Crippen LogP contribution in [0.2, 0.25) is 0 Å². The van der Waals surface area contributed by atoms with E-state index in [0.29, 0.717) is 6.61 Å². The highest BCUT2D eigenvalue weighted by Gasteiger charge is 2.27. The Morgan fingerprint density at radius 1 is 1.57 bits per heavy atom. The highest BCUT2D eigenvalue weighted by molar-refractivity contribution is 7.80. The van der Waals surface area contributed by atoms with E-state index < -0.39 is 0 Å². The Morgan fingerprint density at radius 3 is 2.86 bits per heavy atom. The minimum absolute atomic E-state index is 0.169. The average molecular weight is 219 g/mol. The quantitative estimate of drug-likeness (QED) is 0.681. The number of nitrogens with zero attached hydrogens (tertiary/aromatic N) is 1. The number of hydrogen-bond acceptors (Lipinski definition) is 4. The van der Waals surface area contributed by atoms with E-state index in [1.807, 2.05) is 0 Å². The zero-order valence-corrected chi connectivity index (χ0v) is 9.96. The molecule has 3 nitrogen and oxygen atoms in total. The molecule has 0 saturated carbocycles. The zero-order chi connectivity index (χ0) is 10.6. The largest absolute Gasteiger partial charge is 0.395 e. The molecule has 0 radical (unpaired) electrons. The lowest BCUT2D eigenvalue weighted by Crippen LogP contribution is -2.51. The van der Waals surface area contributed by atoms with Crippen molar-refractivity contribution in [2.24, 2.45) is 5.41 Å². The van der Waals surface area contributed by atoms with Gasteiger partial charge in [-0.05, 0) is 11.2 Å². The van der Waals surface area contributed by atoms with Crippen molar-refractivity contribution >= 4 is 12.6 Å². The number of morpholine rings is 1. The van der Waals surface area contributed by atoms with E-state index in [1.165, 1.54) is 0 Å². The Balaban J connectivity index is 2.48.